The Balaban J connectivity index is 2.66. The van der Waals surface area contributed by atoms with E-state index in [9.17, 15) is 4.79 Å². The van der Waals surface area contributed by atoms with Crippen LogP contribution >= 0.6 is 15.9 Å². The van der Waals surface area contributed by atoms with Crippen molar-refractivity contribution in [1.29, 1.82) is 0 Å². The molecule has 76 valence electrons. The zero-order chi connectivity index (χ0) is 10.1. The zero-order valence-electron chi connectivity index (χ0n) is 8.64. The van der Waals surface area contributed by atoms with Crippen LogP contribution in [0.1, 0.15) is 33.6 Å². The quantitative estimate of drug-likeness (QED) is 0.652. The van der Waals surface area contributed by atoms with E-state index in [2.05, 4.69) is 15.9 Å². The monoisotopic (exact) mass is 247 g/mol. The maximum atomic E-state index is 11.9. The maximum absolute atomic E-state index is 11.9. The normalized spacial score (nSPS) is 23.7. The highest BCUT2D eigenvalue weighted by atomic mass is 79.9. The fraction of sp³-hybridized carbons (Fsp3) is 0.900. The third-order valence-electron chi connectivity index (χ3n) is 2.46. The minimum Gasteiger partial charge on any atom is -0.338 e. The molecule has 1 aliphatic rings. The van der Waals surface area contributed by atoms with E-state index in [1.165, 1.54) is 0 Å². The van der Waals surface area contributed by atoms with Crippen molar-refractivity contribution >= 4 is 21.8 Å². The molecule has 1 aliphatic heterocycles. The SMILES string of the molecule is CC(C)(C)C(=O)N1CCCC1CBr. The van der Waals surface area contributed by atoms with Crippen molar-refractivity contribution in [2.45, 2.75) is 39.7 Å². The Morgan fingerprint density at radius 3 is 2.62 bits per heavy atom. The van der Waals surface area contributed by atoms with Gasteiger partial charge in [-0.2, -0.15) is 0 Å². The first-order valence-corrected chi connectivity index (χ1v) is 5.96. The zero-order valence-corrected chi connectivity index (χ0v) is 10.2. The summed E-state index contributed by atoms with van der Waals surface area (Å²) in [5.74, 6) is 0.287. The molecule has 0 aromatic heterocycles. The minimum atomic E-state index is -0.231. The molecule has 13 heavy (non-hydrogen) atoms. The molecule has 3 heteroatoms. The summed E-state index contributed by atoms with van der Waals surface area (Å²) < 4.78 is 0. The summed E-state index contributed by atoms with van der Waals surface area (Å²) in [4.78, 5) is 14.0. The second-order valence-corrected chi connectivity index (χ2v) is 5.35. The van der Waals surface area contributed by atoms with Crippen molar-refractivity contribution in [3.8, 4) is 0 Å². The van der Waals surface area contributed by atoms with Gasteiger partial charge in [0.15, 0.2) is 0 Å². The molecule has 2 nitrogen and oxygen atoms in total. The van der Waals surface area contributed by atoms with Gasteiger partial charge in [-0.25, -0.2) is 0 Å². The summed E-state index contributed by atoms with van der Waals surface area (Å²) in [7, 11) is 0. The number of amides is 1. The first kappa shape index (κ1) is 11.0. The average molecular weight is 248 g/mol. The highest BCUT2D eigenvalue weighted by Gasteiger charge is 2.34. The third-order valence-corrected chi connectivity index (χ3v) is 3.21. The number of carbonyl (C=O) groups excluding carboxylic acids is 1. The Morgan fingerprint density at radius 1 is 1.54 bits per heavy atom. The Labute approximate surface area is 88.8 Å². The second-order valence-electron chi connectivity index (χ2n) is 4.70. The Morgan fingerprint density at radius 2 is 2.15 bits per heavy atom. The number of rotatable bonds is 1. The topological polar surface area (TPSA) is 20.3 Å². The van der Waals surface area contributed by atoms with E-state index in [0.717, 1.165) is 24.7 Å². The van der Waals surface area contributed by atoms with Gasteiger partial charge in [-0.05, 0) is 12.8 Å². The van der Waals surface area contributed by atoms with Crippen molar-refractivity contribution < 1.29 is 4.79 Å². The van der Waals surface area contributed by atoms with E-state index in [1.54, 1.807) is 0 Å². The summed E-state index contributed by atoms with van der Waals surface area (Å²) in [5.41, 5.74) is -0.231. The second kappa shape index (κ2) is 3.99. The smallest absolute Gasteiger partial charge is 0.228 e. The number of carbonyl (C=O) groups is 1. The van der Waals surface area contributed by atoms with Crippen LogP contribution in [-0.2, 0) is 4.79 Å². The van der Waals surface area contributed by atoms with E-state index >= 15 is 0 Å². The molecule has 0 saturated carbocycles. The van der Waals surface area contributed by atoms with Crippen LogP contribution in [0.25, 0.3) is 0 Å². The summed E-state index contributed by atoms with van der Waals surface area (Å²) in [6, 6.07) is 0.423. The van der Waals surface area contributed by atoms with E-state index in [4.69, 9.17) is 0 Å². The van der Waals surface area contributed by atoms with Gasteiger partial charge in [-0.3, -0.25) is 4.79 Å². The lowest BCUT2D eigenvalue weighted by Crippen LogP contribution is -2.43. The van der Waals surface area contributed by atoms with Gasteiger partial charge in [0.25, 0.3) is 0 Å². The van der Waals surface area contributed by atoms with Gasteiger partial charge in [0.1, 0.15) is 0 Å². The molecule has 1 amide bonds. The molecule has 0 bridgehead atoms. The fourth-order valence-electron chi connectivity index (χ4n) is 1.69. The molecule has 1 saturated heterocycles. The number of hydrogen-bond donors (Lipinski definition) is 0. The highest BCUT2D eigenvalue weighted by molar-refractivity contribution is 9.09. The fourth-order valence-corrected chi connectivity index (χ4v) is 2.37. The number of nitrogens with zero attached hydrogens (tertiary/aromatic N) is 1. The Bertz CT molecular complexity index is 198. The molecule has 0 spiro atoms. The number of halogens is 1. The van der Waals surface area contributed by atoms with Crippen molar-refractivity contribution in [3.63, 3.8) is 0 Å². The summed E-state index contributed by atoms with van der Waals surface area (Å²) in [6.07, 6.45) is 2.30. The van der Waals surface area contributed by atoms with Crippen molar-refractivity contribution in [2.24, 2.45) is 5.41 Å². The third kappa shape index (κ3) is 2.46. The van der Waals surface area contributed by atoms with Gasteiger partial charge in [-0.1, -0.05) is 36.7 Å². The molecular formula is C10H18BrNO. The minimum absolute atomic E-state index is 0.231. The van der Waals surface area contributed by atoms with Gasteiger partial charge in [0, 0.05) is 23.3 Å². The van der Waals surface area contributed by atoms with Crippen molar-refractivity contribution in [3.05, 3.63) is 0 Å². The van der Waals surface area contributed by atoms with Crippen molar-refractivity contribution in [2.75, 3.05) is 11.9 Å². The number of hydrogen-bond acceptors (Lipinski definition) is 1. The molecule has 0 aliphatic carbocycles. The summed E-state index contributed by atoms with van der Waals surface area (Å²) >= 11 is 3.46. The van der Waals surface area contributed by atoms with Gasteiger partial charge in [0.05, 0.1) is 0 Å². The lowest BCUT2D eigenvalue weighted by atomic mass is 9.94. The van der Waals surface area contributed by atoms with Gasteiger partial charge < -0.3 is 4.90 Å². The van der Waals surface area contributed by atoms with E-state index in [-0.39, 0.29) is 11.3 Å². The van der Waals surface area contributed by atoms with Crippen LogP contribution < -0.4 is 0 Å². The standard InChI is InChI=1S/C10H18BrNO/c1-10(2,3)9(13)12-6-4-5-8(12)7-11/h8H,4-7H2,1-3H3. The van der Waals surface area contributed by atoms with Crippen LogP contribution in [0.2, 0.25) is 0 Å². The molecule has 0 aromatic rings. The number of alkyl halides is 1. The molecule has 1 atom stereocenters. The first-order valence-electron chi connectivity index (χ1n) is 4.84. The number of likely N-dealkylation sites (tertiary alicyclic amines) is 1. The molecule has 0 N–H and O–H groups in total. The van der Waals surface area contributed by atoms with Gasteiger partial charge in [-0.15, -0.1) is 0 Å². The first-order chi connectivity index (χ1) is 5.96. The van der Waals surface area contributed by atoms with Gasteiger partial charge in [0.2, 0.25) is 5.91 Å². The van der Waals surface area contributed by atoms with Crippen LogP contribution in [0.15, 0.2) is 0 Å². The summed E-state index contributed by atoms with van der Waals surface area (Å²) in [5, 5.41) is 0.912. The van der Waals surface area contributed by atoms with E-state index in [1.807, 2.05) is 25.7 Å². The van der Waals surface area contributed by atoms with Crippen molar-refractivity contribution in [1.82, 2.24) is 4.90 Å². The largest absolute Gasteiger partial charge is 0.338 e. The highest BCUT2D eigenvalue weighted by Crippen LogP contribution is 2.25. The molecule has 0 radical (unpaired) electrons. The van der Waals surface area contributed by atoms with E-state index < -0.39 is 0 Å². The van der Waals surface area contributed by atoms with Crippen LogP contribution in [0.5, 0.6) is 0 Å². The molecule has 1 fully saturated rings. The lowest BCUT2D eigenvalue weighted by molar-refractivity contribution is -0.139. The predicted molar refractivity (Wildman–Crippen MR) is 58.0 cm³/mol. The van der Waals surface area contributed by atoms with Crippen LogP contribution in [0, 0.1) is 5.41 Å². The van der Waals surface area contributed by atoms with Gasteiger partial charge >= 0.3 is 0 Å². The molecule has 1 rings (SSSR count). The molecule has 1 heterocycles. The van der Waals surface area contributed by atoms with Crippen LogP contribution in [-0.4, -0.2) is 28.7 Å². The maximum Gasteiger partial charge on any atom is 0.228 e. The predicted octanol–water partition coefficient (Wildman–Crippen LogP) is 2.42. The van der Waals surface area contributed by atoms with Crippen LogP contribution in [0.3, 0.4) is 0 Å². The summed E-state index contributed by atoms with van der Waals surface area (Å²) in [6.45, 7) is 6.89. The molecular weight excluding hydrogens is 230 g/mol. The van der Waals surface area contributed by atoms with Crippen LogP contribution in [0.4, 0.5) is 0 Å². The molecule has 1 unspecified atom stereocenters. The van der Waals surface area contributed by atoms with E-state index in [0.29, 0.717) is 6.04 Å². The Hall–Kier alpha value is -0.0500. The average Bonchev–Trinajstić information content (AvgIpc) is 2.48. The lowest BCUT2D eigenvalue weighted by Gasteiger charge is -2.30. The molecule has 0 aromatic carbocycles. The Kier molecular flexibility index (Phi) is 3.38.